The topological polar surface area (TPSA) is 41.5 Å². The number of amides is 1. The molecular weight excluding hydrogens is 368 g/mol. The summed E-state index contributed by atoms with van der Waals surface area (Å²) < 4.78 is 0. The molecule has 1 amide bonds. The highest BCUT2D eigenvalue weighted by atomic mass is 16.2. The van der Waals surface area contributed by atoms with Gasteiger partial charge < -0.3 is 5.32 Å². The van der Waals surface area contributed by atoms with Gasteiger partial charge in [-0.1, -0.05) is 83.2 Å². The Hall–Kier alpha value is -3.20. The van der Waals surface area contributed by atoms with Crippen LogP contribution < -0.4 is 5.32 Å². The van der Waals surface area contributed by atoms with Gasteiger partial charge >= 0.3 is 0 Å². The van der Waals surface area contributed by atoms with Gasteiger partial charge in [0, 0.05) is 24.0 Å². The molecule has 0 aromatic rings. The van der Waals surface area contributed by atoms with Crippen molar-refractivity contribution >= 4 is 12.1 Å². The lowest BCUT2D eigenvalue weighted by Crippen LogP contribution is -2.30. The lowest BCUT2D eigenvalue weighted by atomic mass is 9.73. The summed E-state index contributed by atoms with van der Waals surface area (Å²) in [5, 5.41) is 2.98. The monoisotopic (exact) mass is 402 g/mol. The lowest BCUT2D eigenvalue weighted by molar-refractivity contribution is -0.122. The third kappa shape index (κ3) is 6.41. The highest BCUT2D eigenvalue weighted by Crippen LogP contribution is 2.55. The largest absolute Gasteiger partial charge is 0.326 e. The summed E-state index contributed by atoms with van der Waals surface area (Å²) in [5.74, 6) is 0.437. The Balaban J connectivity index is 2.99. The molecule has 1 aliphatic rings. The first-order chi connectivity index (χ1) is 14.3. The van der Waals surface area contributed by atoms with Gasteiger partial charge in [-0.15, -0.1) is 6.58 Å². The number of rotatable bonds is 13. The molecule has 30 heavy (non-hydrogen) atoms. The molecule has 0 aromatic heterocycles. The third-order valence-corrected chi connectivity index (χ3v) is 5.72. The number of carbonyl (C=O) groups excluding carboxylic acids is 1. The molecule has 0 aromatic carbocycles. The second kappa shape index (κ2) is 11.7. The molecule has 1 fully saturated rings. The van der Waals surface area contributed by atoms with Gasteiger partial charge in [-0.3, -0.25) is 9.79 Å². The van der Waals surface area contributed by atoms with E-state index in [4.69, 9.17) is 0 Å². The molecule has 0 bridgehead atoms. The highest BCUT2D eigenvalue weighted by molar-refractivity contribution is 5.87. The number of nitrogens with one attached hydrogen (secondary N) is 1. The first kappa shape index (κ1) is 24.8. The standard InChI is InChI=1S/C27H34N2O/c1-9-14-17-27(8,21(7)11-3)25-18-24(25)26(30)29-23(12-4)16-15-22(19-28-13-5)20(6)10-2/h9-17,19,21,24-25H,1-6,18H2,7-8H3,(H,29,30)/b17-14-,22-15-,23-16+,28-19-/t21-,24?,25?,27?/m1/s1. The zero-order valence-corrected chi connectivity index (χ0v) is 18.3. The molecule has 3 nitrogen and oxygen atoms in total. The quantitative estimate of drug-likeness (QED) is 0.220. The van der Waals surface area contributed by atoms with E-state index >= 15 is 0 Å². The average molecular weight is 403 g/mol. The maximum Gasteiger partial charge on any atom is 0.227 e. The van der Waals surface area contributed by atoms with E-state index in [1.54, 1.807) is 30.5 Å². The van der Waals surface area contributed by atoms with Crippen molar-refractivity contribution in [1.82, 2.24) is 5.32 Å². The number of aliphatic imine (C=N–C) groups is 1. The van der Waals surface area contributed by atoms with E-state index in [0.29, 0.717) is 5.70 Å². The summed E-state index contributed by atoms with van der Waals surface area (Å²) in [6.45, 7) is 27.1. The van der Waals surface area contributed by atoms with Crippen molar-refractivity contribution in [2.75, 3.05) is 0 Å². The first-order valence-corrected chi connectivity index (χ1v) is 10.0. The summed E-state index contributed by atoms with van der Waals surface area (Å²) in [4.78, 5) is 16.9. The fraction of sp³-hybridized carbons (Fsp3) is 0.259. The number of allylic oxidation sites excluding steroid dienone is 10. The van der Waals surface area contributed by atoms with E-state index in [-0.39, 0.29) is 29.1 Å². The Bertz CT molecular complexity index is 837. The molecule has 158 valence electrons. The minimum absolute atomic E-state index is 0.00195. The molecule has 1 saturated carbocycles. The van der Waals surface area contributed by atoms with Crippen LogP contribution in [0.3, 0.4) is 0 Å². The van der Waals surface area contributed by atoms with E-state index < -0.39 is 0 Å². The van der Waals surface area contributed by atoms with Crippen LogP contribution in [0.4, 0.5) is 0 Å². The number of hydrogen-bond donors (Lipinski definition) is 1. The van der Waals surface area contributed by atoms with E-state index in [0.717, 1.165) is 17.6 Å². The van der Waals surface area contributed by atoms with E-state index in [2.05, 4.69) is 69.7 Å². The van der Waals surface area contributed by atoms with Gasteiger partial charge in [0.25, 0.3) is 0 Å². The van der Waals surface area contributed by atoms with Crippen LogP contribution in [-0.4, -0.2) is 12.1 Å². The molecule has 1 aliphatic carbocycles. The van der Waals surface area contributed by atoms with E-state index in [1.165, 1.54) is 6.20 Å². The van der Waals surface area contributed by atoms with Crippen LogP contribution in [0, 0.1) is 23.2 Å². The predicted molar refractivity (Wildman–Crippen MR) is 131 cm³/mol. The molecule has 0 saturated heterocycles. The minimum Gasteiger partial charge on any atom is -0.326 e. The van der Waals surface area contributed by atoms with Crippen molar-refractivity contribution in [3.8, 4) is 0 Å². The fourth-order valence-electron chi connectivity index (χ4n) is 3.37. The molecular formula is C27H34N2O. The van der Waals surface area contributed by atoms with Crippen molar-refractivity contribution in [2.24, 2.45) is 28.2 Å². The van der Waals surface area contributed by atoms with Gasteiger partial charge in [0.2, 0.25) is 5.91 Å². The molecule has 0 radical (unpaired) electrons. The normalized spacial score (nSPS) is 22.1. The molecule has 3 unspecified atom stereocenters. The van der Waals surface area contributed by atoms with Gasteiger partial charge in [-0.2, -0.15) is 0 Å². The summed E-state index contributed by atoms with van der Waals surface area (Å²) >= 11 is 0. The Morgan fingerprint density at radius 2 is 1.87 bits per heavy atom. The second-order valence-corrected chi connectivity index (χ2v) is 7.56. The van der Waals surface area contributed by atoms with Gasteiger partial charge in [0.1, 0.15) is 0 Å². The lowest BCUT2D eigenvalue weighted by Gasteiger charge is -2.31. The van der Waals surface area contributed by atoms with E-state index in [9.17, 15) is 4.79 Å². The van der Waals surface area contributed by atoms with Crippen LogP contribution in [0.5, 0.6) is 0 Å². The average Bonchev–Trinajstić information content (AvgIpc) is 3.57. The second-order valence-electron chi connectivity index (χ2n) is 7.56. The van der Waals surface area contributed by atoms with Crippen LogP contribution in [0.1, 0.15) is 20.3 Å². The Morgan fingerprint density at radius 1 is 1.17 bits per heavy atom. The van der Waals surface area contributed by atoms with Gasteiger partial charge in [-0.05, 0) is 47.0 Å². The SMILES string of the molecule is C=C/C=C\C(C)(C1CC1C(=O)N/C(C=C)=C/C=C(/C=N\C=C)C(=C)C=C)[C@H](C)C=C. The maximum atomic E-state index is 12.9. The highest BCUT2D eigenvalue weighted by Gasteiger charge is 2.53. The molecule has 0 heterocycles. The van der Waals surface area contributed by atoms with Crippen LogP contribution in [0.2, 0.25) is 0 Å². The zero-order valence-electron chi connectivity index (χ0n) is 18.3. The molecule has 0 spiro atoms. The van der Waals surface area contributed by atoms with Crippen molar-refractivity contribution in [3.05, 3.63) is 111 Å². The van der Waals surface area contributed by atoms with Crippen LogP contribution in [-0.2, 0) is 4.79 Å². The molecule has 3 heteroatoms. The van der Waals surface area contributed by atoms with Gasteiger partial charge in [-0.25, -0.2) is 0 Å². The Morgan fingerprint density at radius 3 is 2.40 bits per heavy atom. The minimum atomic E-state index is -0.147. The summed E-state index contributed by atoms with van der Waals surface area (Å²) in [6.07, 6.45) is 18.6. The predicted octanol–water partition coefficient (Wildman–Crippen LogP) is 6.26. The molecule has 1 rings (SSSR count). The van der Waals surface area contributed by atoms with Crippen LogP contribution >= 0.6 is 0 Å². The van der Waals surface area contributed by atoms with Crippen molar-refractivity contribution in [2.45, 2.75) is 20.3 Å². The smallest absolute Gasteiger partial charge is 0.227 e. The number of hydrogen-bond acceptors (Lipinski definition) is 2. The van der Waals surface area contributed by atoms with Crippen LogP contribution in [0.25, 0.3) is 0 Å². The Kier molecular flexibility index (Phi) is 9.70. The fourth-order valence-corrected chi connectivity index (χ4v) is 3.37. The molecule has 1 N–H and O–H groups in total. The van der Waals surface area contributed by atoms with Gasteiger partial charge in [0.15, 0.2) is 0 Å². The maximum absolute atomic E-state index is 12.9. The van der Waals surface area contributed by atoms with Crippen molar-refractivity contribution < 1.29 is 4.79 Å². The molecule has 4 atom stereocenters. The number of carbonyl (C=O) groups is 1. The van der Waals surface area contributed by atoms with E-state index in [1.807, 2.05) is 18.2 Å². The third-order valence-electron chi connectivity index (χ3n) is 5.72. The summed E-state index contributed by atoms with van der Waals surface area (Å²) in [6, 6.07) is 0. The number of nitrogens with zero attached hydrogens (tertiary/aromatic N) is 1. The van der Waals surface area contributed by atoms with Gasteiger partial charge in [0.05, 0.1) is 0 Å². The molecule has 0 aliphatic heterocycles. The van der Waals surface area contributed by atoms with Crippen molar-refractivity contribution in [3.63, 3.8) is 0 Å². The summed E-state index contributed by atoms with van der Waals surface area (Å²) in [5.41, 5.74) is 1.96. The first-order valence-electron chi connectivity index (χ1n) is 10.0. The Labute approximate surface area is 182 Å². The summed E-state index contributed by atoms with van der Waals surface area (Å²) in [7, 11) is 0. The van der Waals surface area contributed by atoms with Crippen LogP contribution in [0.15, 0.2) is 116 Å². The zero-order chi connectivity index (χ0) is 22.7. The van der Waals surface area contributed by atoms with Crippen molar-refractivity contribution in [1.29, 1.82) is 0 Å².